The van der Waals surface area contributed by atoms with Crippen molar-refractivity contribution in [2.24, 2.45) is 5.92 Å². The fraction of sp³-hybridized carbons (Fsp3) is 0.559. The molecule has 2 aromatic carbocycles. The van der Waals surface area contributed by atoms with Crippen molar-refractivity contribution in [3.05, 3.63) is 59.7 Å². The number of carbonyl (C=O) groups is 3. The number of nitrogens with one attached hydrogen (secondary N) is 3. The first-order valence-corrected chi connectivity index (χ1v) is 16.2. The third-order valence-electron chi connectivity index (χ3n) is 8.95. The molecule has 0 spiro atoms. The van der Waals surface area contributed by atoms with Crippen LogP contribution in [0, 0.1) is 5.92 Å². The molecule has 2 aliphatic carbocycles. The van der Waals surface area contributed by atoms with Gasteiger partial charge in [-0.2, -0.15) is 0 Å². The first-order valence-electron chi connectivity index (χ1n) is 16.2. The number of nitrogens with zero attached hydrogens (tertiary/aromatic N) is 2. The lowest BCUT2D eigenvalue weighted by Gasteiger charge is -2.32. The summed E-state index contributed by atoms with van der Waals surface area (Å²) in [5.41, 5.74) is 2.93. The van der Waals surface area contributed by atoms with Crippen molar-refractivity contribution in [1.29, 1.82) is 0 Å². The van der Waals surface area contributed by atoms with Crippen LogP contribution in [-0.4, -0.2) is 72.2 Å². The van der Waals surface area contributed by atoms with E-state index in [-0.39, 0.29) is 30.4 Å². The van der Waals surface area contributed by atoms with Crippen LogP contribution in [0.2, 0.25) is 0 Å². The second-order valence-corrected chi connectivity index (χ2v) is 12.4. The molecule has 1 heterocycles. The first-order chi connectivity index (χ1) is 20.9. The van der Waals surface area contributed by atoms with Crippen LogP contribution in [0.1, 0.15) is 80.6 Å². The number of benzene rings is 2. The van der Waals surface area contributed by atoms with E-state index in [1.807, 2.05) is 49.4 Å². The van der Waals surface area contributed by atoms with Gasteiger partial charge in [-0.05, 0) is 75.1 Å². The molecular formula is C34H47N5O4. The Morgan fingerprint density at radius 3 is 2.47 bits per heavy atom. The molecule has 43 heavy (non-hydrogen) atoms. The lowest BCUT2D eigenvalue weighted by molar-refractivity contribution is -0.117. The predicted molar refractivity (Wildman–Crippen MR) is 169 cm³/mol. The van der Waals surface area contributed by atoms with Crippen LogP contribution in [0.25, 0.3) is 0 Å². The van der Waals surface area contributed by atoms with Gasteiger partial charge in [0.05, 0.1) is 18.7 Å². The fourth-order valence-corrected chi connectivity index (χ4v) is 6.13. The van der Waals surface area contributed by atoms with Crippen LogP contribution in [0.15, 0.2) is 48.5 Å². The highest BCUT2D eigenvalue weighted by molar-refractivity contribution is 6.00. The molecule has 1 aliphatic heterocycles. The topological polar surface area (TPSA) is 114 Å². The van der Waals surface area contributed by atoms with Crippen molar-refractivity contribution >= 4 is 29.2 Å². The molecule has 3 fully saturated rings. The standard InChI is InChI=1S/C34H47N5O4/c1-2-38(34(43)36-27-12-7-4-8-13-27)23-31(40)30(18-24-10-5-3-6-11-24)37-33(42)26-19-28(35-22-25-15-16-25)21-29(20-26)39-17-9-14-32(39)41/h3,5-6,10-11,19-21,25,27,30-31,35,40H,2,4,7-9,12-18,22-23H2,1H3,(H,36,43)(H,37,42). The number of likely N-dealkylation sites (N-methyl/N-ethyl adjacent to an activating group) is 1. The Kier molecular flexibility index (Phi) is 10.6. The summed E-state index contributed by atoms with van der Waals surface area (Å²) < 4.78 is 0. The molecule has 3 aliphatic rings. The number of anilines is 2. The number of aliphatic hydroxyl groups is 1. The molecule has 2 aromatic rings. The second kappa shape index (κ2) is 14.7. The minimum Gasteiger partial charge on any atom is -0.389 e. The lowest BCUT2D eigenvalue weighted by atomic mass is 9.96. The largest absolute Gasteiger partial charge is 0.389 e. The van der Waals surface area contributed by atoms with Crippen molar-refractivity contribution in [1.82, 2.24) is 15.5 Å². The monoisotopic (exact) mass is 589 g/mol. The van der Waals surface area contributed by atoms with Gasteiger partial charge in [-0.25, -0.2) is 4.79 Å². The Balaban J connectivity index is 1.32. The van der Waals surface area contributed by atoms with Gasteiger partial charge in [0.25, 0.3) is 5.91 Å². The summed E-state index contributed by atoms with van der Waals surface area (Å²) in [4.78, 5) is 42.9. The number of aliphatic hydroxyl groups excluding tert-OH is 1. The van der Waals surface area contributed by atoms with E-state index in [1.165, 1.54) is 19.3 Å². The Morgan fingerprint density at radius 2 is 1.79 bits per heavy atom. The van der Waals surface area contributed by atoms with Gasteiger partial charge in [0.15, 0.2) is 0 Å². The number of amides is 4. The van der Waals surface area contributed by atoms with E-state index in [2.05, 4.69) is 16.0 Å². The zero-order valence-electron chi connectivity index (χ0n) is 25.4. The second-order valence-electron chi connectivity index (χ2n) is 12.4. The number of urea groups is 1. The molecule has 9 heteroatoms. The zero-order valence-corrected chi connectivity index (χ0v) is 25.4. The molecule has 0 bridgehead atoms. The molecule has 0 radical (unpaired) electrons. The third kappa shape index (κ3) is 8.72. The zero-order chi connectivity index (χ0) is 30.2. The number of rotatable bonds is 13. The normalized spacial score (nSPS) is 18.7. The molecule has 2 unspecified atom stereocenters. The Labute approximate surface area is 255 Å². The summed E-state index contributed by atoms with van der Waals surface area (Å²) in [5.74, 6) is 0.392. The highest BCUT2D eigenvalue weighted by Crippen LogP contribution is 2.31. The van der Waals surface area contributed by atoms with Gasteiger partial charge in [-0.1, -0.05) is 49.6 Å². The molecule has 1 saturated heterocycles. The average Bonchev–Trinajstić information content (AvgIpc) is 3.76. The summed E-state index contributed by atoms with van der Waals surface area (Å²) in [7, 11) is 0. The van der Waals surface area contributed by atoms with Crippen molar-refractivity contribution in [3.63, 3.8) is 0 Å². The maximum absolute atomic E-state index is 13.8. The SMILES string of the molecule is CCN(CC(O)C(Cc1ccccc1)NC(=O)c1cc(NCC2CC2)cc(N2CCCC2=O)c1)C(=O)NC1CCCCC1. The minimum atomic E-state index is -0.989. The molecule has 2 saturated carbocycles. The molecule has 9 nitrogen and oxygen atoms in total. The van der Waals surface area contributed by atoms with Crippen LogP contribution in [0.5, 0.6) is 0 Å². The molecule has 4 amide bonds. The van der Waals surface area contributed by atoms with Gasteiger partial charge in [-0.3, -0.25) is 9.59 Å². The van der Waals surface area contributed by atoms with Crippen LogP contribution < -0.4 is 20.9 Å². The minimum absolute atomic E-state index is 0.0641. The van der Waals surface area contributed by atoms with E-state index in [1.54, 1.807) is 15.9 Å². The van der Waals surface area contributed by atoms with Crippen LogP contribution >= 0.6 is 0 Å². The first kappa shape index (κ1) is 30.9. The molecule has 4 N–H and O–H groups in total. The predicted octanol–water partition coefficient (Wildman–Crippen LogP) is 4.70. The van der Waals surface area contributed by atoms with Gasteiger partial charge >= 0.3 is 6.03 Å². The summed E-state index contributed by atoms with van der Waals surface area (Å²) >= 11 is 0. The van der Waals surface area contributed by atoms with Crippen LogP contribution in [-0.2, 0) is 11.2 Å². The number of carbonyl (C=O) groups excluding carboxylic acids is 3. The third-order valence-corrected chi connectivity index (χ3v) is 8.95. The lowest BCUT2D eigenvalue weighted by Crippen LogP contribution is -2.53. The van der Waals surface area contributed by atoms with Crippen molar-refractivity contribution in [2.45, 2.75) is 89.3 Å². The molecular weight excluding hydrogens is 542 g/mol. The van der Waals surface area contributed by atoms with Crippen LogP contribution in [0.4, 0.5) is 16.2 Å². The van der Waals surface area contributed by atoms with Gasteiger partial charge in [-0.15, -0.1) is 0 Å². The number of hydrogen-bond acceptors (Lipinski definition) is 5. The van der Waals surface area contributed by atoms with E-state index in [9.17, 15) is 19.5 Å². The average molecular weight is 590 g/mol. The van der Waals surface area contributed by atoms with Gasteiger partial charge in [0.2, 0.25) is 5.91 Å². The highest BCUT2D eigenvalue weighted by Gasteiger charge is 2.29. The van der Waals surface area contributed by atoms with Crippen molar-refractivity contribution in [2.75, 3.05) is 36.4 Å². The molecule has 5 rings (SSSR count). The molecule has 2 atom stereocenters. The highest BCUT2D eigenvalue weighted by atomic mass is 16.3. The van der Waals surface area contributed by atoms with Crippen LogP contribution in [0.3, 0.4) is 0 Å². The van der Waals surface area contributed by atoms with Gasteiger partial charge in [0, 0.05) is 49.0 Å². The number of hydrogen-bond donors (Lipinski definition) is 4. The van der Waals surface area contributed by atoms with Gasteiger partial charge in [0.1, 0.15) is 0 Å². The van der Waals surface area contributed by atoms with E-state index in [0.29, 0.717) is 43.1 Å². The van der Waals surface area contributed by atoms with Crippen molar-refractivity contribution in [3.8, 4) is 0 Å². The van der Waals surface area contributed by atoms with E-state index in [4.69, 9.17) is 0 Å². The summed E-state index contributed by atoms with van der Waals surface area (Å²) in [6.45, 7) is 3.92. The maximum atomic E-state index is 13.8. The van der Waals surface area contributed by atoms with E-state index in [0.717, 1.165) is 49.9 Å². The summed E-state index contributed by atoms with van der Waals surface area (Å²) in [6, 6.07) is 14.6. The smallest absolute Gasteiger partial charge is 0.317 e. The summed E-state index contributed by atoms with van der Waals surface area (Å²) in [6.07, 6.45) is 8.56. The Hall–Kier alpha value is -3.59. The van der Waals surface area contributed by atoms with Gasteiger partial charge < -0.3 is 30.9 Å². The fourth-order valence-electron chi connectivity index (χ4n) is 6.13. The maximum Gasteiger partial charge on any atom is 0.317 e. The quantitative estimate of drug-likeness (QED) is 0.271. The Morgan fingerprint density at radius 1 is 1.02 bits per heavy atom. The van der Waals surface area contributed by atoms with E-state index < -0.39 is 12.1 Å². The van der Waals surface area contributed by atoms with Crippen molar-refractivity contribution < 1.29 is 19.5 Å². The Bertz CT molecular complexity index is 1240. The summed E-state index contributed by atoms with van der Waals surface area (Å²) in [5, 5.41) is 21.2. The molecule has 0 aromatic heterocycles. The molecule has 232 valence electrons. The van der Waals surface area contributed by atoms with E-state index >= 15 is 0 Å².